The number of carboxylic acids is 1. The molecule has 0 radical (unpaired) electrons. The monoisotopic (exact) mass is 285 g/mol. The van der Waals surface area contributed by atoms with E-state index in [1.807, 2.05) is 42.3 Å². The van der Waals surface area contributed by atoms with Crippen LogP contribution in [0.2, 0.25) is 0 Å². The SMILES string of the molecule is CN(Cc1ccc(C=CC(=O)O)cc1F)c1ccccc1. The van der Waals surface area contributed by atoms with Crippen molar-refractivity contribution in [3.8, 4) is 0 Å². The third-order valence-electron chi connectivity index (χ3n) is 3.10. The highest BCUT2D eigenvalue weighted by Gasteiger charge is 2.07. The topological polar surface area (TPSA) is 40.5 Å². The third-order valence-corrected chi connectivity index (χ3v) is 3.10. The van der Waals surface area contributed by atoms with Gasteiger partial charge in [0, 0.05) is 30.9 Å². The van der Waals surface area contributed by atoms with Crippen LogP contribution in [-0.2, 0) is 11.3 Å². The highest BCUT2D eigenvalue weighted by Crippen LogP contribution is 2.18. The summed E-state index contributed by atoms with van der Waals surface area (Å²) in [5, 5.41) is 8.56. The first-order valence-corrected chi connectivity index (χ1v) is 6.52. The lowest BCUT2D eigenvalue weighted by Gasteiger charge is -2.19. The second kappa shape index (κ2) is 6.70. The Kier molecular flexibility index (Phi) is 4.72. The zero-order valence-corrected chi connectivity index (χ0v) is 11.7. The lowest BCUT2D eigenvalue weighted by molar-refractivity contribution is -0.131. The Morgan fingerprint density at radius 1 is 1.24 bits per heavy atom. The number of aliphatic carboxylic acids is 1. The number of hydrogen-bond acceptors (Lipinski definition) is 2. The molecule has 0 fully saturated rings. The lowest BCUT2D eigenvalue weighted by Crippen LogP contribution is -2.17. The van der Waals surface area contributed by atoms with Gasteiger partial charge >= 0.3 is 5.97 Å². The summed E-state index contributed by atoms with van der Waals surface area (Å²) in [7, 11) is 1.90. The smallest absolute Gasteiger partial charge is 0.328 e. The van der Waals surface area contributed by atoms with Crippen LogP contribution in [-0.4, -0.2) is 18.1 Å². The molecule has 0 aliphatic carbocycles. The highest BCUT2D eigenvalue weighted by atomic mass is 19.1. The van der Waals surface area contributed by atoms with Gasteiger partial charge in [0.15, 0.2) is 0 Å². The summed E-state index contributed by atoms with van der Waals surface area (Å²) in [6.45, 7) is 0.443. The van der Waals surface area contributed by atoms with Crippen molar-refractivity contribution < 1.29 is 14.3 Å². The van der Waals surface area contributed by atoms with Crippen LogP contribution in [0, 0.1) is 5.82 Å². The largest absolute Gasteiger partial charge is 0.478 e. The second-order valence-corrected chi connectivity index (χ2v) is 4.71. The molecule has 0 aliphatic heterocycles. The zero-order chi connectivity index (χ0) is 15.2. The Morgan fingerprint density at radius 2 is 1.95 bits per heavy atom. The van der Waals surface area contributed by atoms with E-state index in [0.717, 1.165) is 11.8 Å². The first kappa shape index (κ1) is 14.8. The minimum Gasteiger partial charge on any atom is -0.478 e. The number of benzene rings is 2. The molecule has 0 heterocycles. The summed E-state index contributed by atoms with van der Waals surface area (Å²) in [5.41, 5.74) is 2.10. The van der Waals surface area contributed by atoms with E-state index in [2.05, 4.69) is 0 Å². The minimum atomic E-state index is -1.05. The fourth-order valence-corrected chi connectivity index (χ4v) is 1.99. The highest BCUT2D eigenvalue weighted by molar-refractivity contribution is 5.85. The molecule has 4 heteroatoms. The predicted molar refractivity (Wildman–Crippen MR) is 81.6 cm³/mol. The van der Waals surface area contributed by atoms with Crippen molar-refractivity contribution in [3.63, 3.8) is 0 Å². The number of para-hydroxylation sites is 1. The summed E-state index contributed by atoms with van der Waals surface area (Å²) in [5.74, 6) is -1.39. The van der Waals surface area contributed by atoms with Gasteiger partial charge < -0.3 is 10.0 Å². The fraction of sp³-hybridized carbons (Fsp3) is 0.118. The van der Waals surface area contributed by atoms with E-state index in [1.54, 1.807) is 12.1 Å². The molecule has 108 valence electrons. The number of nitrogens with zero attached hydrogens (tertiary/aromatic N) is 1. The van der Waals surface area contributed by atoms with Gasteiger partial charge in [0.25, 0.3) is 0 Å². The van der Waals surface area contributed by atoms with Crippen molar-refractivity contribution in [1.29, 1.82) is 0 Å². The summed E-state index contributed by atoms with van der Waals surface area (Å²) in [6, 6.07) is 14.4. The number of halogens is 1. The van der Waals surface area contributed by atoms with Crippen molar-refractivity contribution in [2.45, 2.75) is 6.54 Å². The maximum atomic E-state index is 14.0. The molecule has 2 rings (SSSR count). The zero-order valence-electron chi connectivity index (χ0n) is 11.7. The average molecular weight is 285 g/mol. The maximum Gasteiger partial charge on any atom is 0.328 e. The van der Waals surface area contributed by atoms with Gasteiger partial charge in [0.1, 0.15) is 5.82 Å². The first-order chi connectivity index (χ1) is 10.1. The summed E-state index contributed by atoms with van der Waals surface area (Å²) < 4.78 is 14.0. The molecule has 2 aromatic carbocycles. The van der Waals surface area contributed by atoms with Crippen molar-refractivity contribution >= 4 is 17.7 Å². The first-order valence-electron chi connectivity index (χ1n) is 6.52. The van der Waals surface area contributed by atoms with Crippen LogP contribution < -0.4 is 4.90 Å². The molecule has 0 aliphatic rings. The molecule has 0 bridgehead atoms. The predicted octanol–water partition coefficient (Wildman–Crippen LogP) is 3.56. The van der Waals surface area contributed by atoms with Crippen molar-refractivity contribution in [3.05, 3.63) is 71.6 Å². The van der Waals surface area contributed by atoms with Crippen molar-refractivity contribution in [2.75, 3.05) is 11.9 Å². The molecule has 1 N–H and O–H groups in total. The van der Waals surface area contributed by atoms with E-state index < -0.39 is 5.97 Å². The Hall–Kier alpha value is -2.62. The number of anilines is 1. The van der Waals surface area contributed by atoms with Crippen LogP contribution in [0.3, 0.4) is 0 Å². The molecule has 0 aromatic heterocycles. The average Bonchev–Trinajstić information content (AvgIpc) is 2.48. The molecular weight excluding hydrogens is 269 g/mol. The van der Waals surface area contributed by atoms with Gasteiger partial charge in [-0.1, -0.05) is 30.3 Å². The Bertz CT molecular complexity index is 653. The van der Waals surface area contributed by atoms with E-state index in [-0.39, 0.29) is 5.82 Å². The Morgan fingerprint density at radius 3 is 2.57 bits per heavy atom. The molecule has 0 atom stereocenters. The van der Waals surface area contributed by atoms with E-state index in [4.69, 9.17) is 5.11 Å². The quantitative estimate of drug-likeness (QED) is 0.854. The van der Waals surface area contributed by atoms with Gasteiger partial charge in [-0.05, 0) is 29.8 Å². The van der Waals surface area contributed by atoms with Gasteiger partial charge in [-0.15, -0.1) is 0 Å². The van der Waals surface area contributed by atoms with Crippen LogP contribution in [0.5, 0.6) is 0 Å². The summed E-state index contributed by atoms with van der Waals surface area (Å²) in [4.78, 5) is 12.4. The number of rotatable bonds is 5. The maximum absolute atomic E-state index is 14.0. The minimum absolute atomic E-state index is 0.342. The van der Waals surface area contributed by atoms with Gasteiger partial charge in [-0.3, -0.25) is 0 Å². The summed E-state index contributed by atoms with van der Waals surface area (Å²) in [6.07, 6.45) is 2.36. The van der Waals surface area contributed by atoms with Gasteiger partial charge in [-0.2, -0.15) is 0 Å². The molecule has 21 heavy (non-hydrogen) atoms. The molecule has 0 saturated carbocycles. The molecule has 0 saturated heterocycles. The molecule has 3 nitrogen and oxygen atoms in total. The van der Waals surface area contributed by atoms with Gasteiger partial charge in [-0.25, -0.2) is 9.18 Å². The van der Waals surface area contributed by atoms with Gasteiger partial charge in [0.05, 0.1) is 0 Å². The van der Waals surface area contributed by atoms with Crippen LogP contribution in [0.1, 0.15) is 11.1 Å². The van der Waals surface area contributed by atoms with Crippen molar-refractivity contribution in [1.82, 2.24) is 0 Å². The molecular formula is C17H16FNO2. The molecule has 0 amide bonds. The molecule has 0 unspecified atom stereocenters. The van der Waals surface area contributed by atoms with E-state index in [9.17, 15) is 9.18 Å². The second-order valence-electron chi connectivity index (χ2n) is 4.71. The molecule has 2 aromatic rings. The van der Waals surface area contributed by atoms with Crippen LogP contribution in [0.15, 0.2) is 54.6 Å². The molecule has 0 spiro atoms. The normalized spacial score (nSPS) is 10.8. The Balaban J connectivity index is 2.13. The van der Waals surface area contributed by atoms with Crippen LogP contribution in [0.4, 0.5) is 10.1 Å². The fourth-order valence-electron chi connectivity index (χ4n) is 1.99. The van der Waals surface area contributed by atoms with Crippen LogP contribution in [0.25, 0.3) is 6.08 Å². The number of carbonyl (C=O) groups is 1. The van der Waals surface area contributed by atoms with Gasteiger partial charge in [0.2, 0.25) is 0 Å². The van der Waals surface area contributed by atoms with Crippen molar-refractivity contribution in [2.24, 2.45) is 0 Å². The number of hydrogen-bond donors (Lipinski definition) is 1. The number of carboxylic acid groups (broad SMARTS) is 1. The van der Waals surface area contributed by atoms with E-state index in [0.29, 0.717) is 17.7 Å². The Labute approximate surface area is 123 Å². The summed E-state index contributed by atoms with van der Waals surface area (Å²) >= 11 is 0. The van der Waals surface area contributed by atoms with E-state index in [1.165, 1.54) is 12.1 Å². The third kappa shape index (κ3) is 4.18. The van der Waals surface area contributed by atoms with E-state index >= 15 is 0 Å². The lowest BCUT2D eigenvalue weighted by atomic mass is 10.1. The van der Waals surface area contributed by atoms with Crippen LogP contribution >= 0.6 is 0 Å². The standard InChI is InChI=1S/C17H16FNO2/c1-19(15-5-3-2-4-6-15)12-14-9-7-13(11-16(14)18)8-10-17(20)21/h2-11H,12H2,1H3,(H,20,21).